The molecule has 0 fully saturated rings. The maximum atomic E-state index is 9.71. The van der Waals surface area contributed by atoms with Crippen LogP contribution in [0.25, 0.3) is 22.4 Å². The Hall–Kier alpha value is -3.12. The molecule has 0 radical (unpaired) electrons. The number of nitriles is 1. The Balaban J connectivity index is 2.15. The van der Waals surface area contributed by atoms with Crippen molar-refractivity contribution in [2.75, 3.05) is 6.61 Å². The molecule has 0 spiro atoms. The smallest absolute Gasteiger partial charge is 0.232 e. The number of unbranched alkanes of at least 4 members (excludes halogenated alkanes) is 1. The summed E-state index contributed by atoms with van der Waals surface area (Å²) in [4.78, 5) is 4.63. The summed E-state index contributed by atoms with van der Waals surface area (Å²) in [6, 6.07) is 24.1. The number of hydrogen-bond acceptors (Lipinski definition) is 3. The van der Waals surface area contributed by atoms with E-state index in [9.17, 15) is 5.26 Å². The molecule has 0 N–H and O–H groups in total. The predicted octanol–water partition coefficient (Wildman–Crippen LogP) is 5.47. The molecule has 124 valence electrons. The topological polar surface area (TPSA) is 45.9 Å². The van der Waals surface area contributed by atoms with Gasteiger partial charge in [-0.2, -0.15) is 5.26 Å². The van der Waals surface area contributed by atoms with Gasteiger partial charge >= 0.3 is 0 Å². The van der Waals surface area contributed by atoms with Crippen LogP contribution in [0.3, 0.4) is 0 Å². The molecule has 0 saturated carbocycles. The predicted molar refractivity (Wildman–Crippen MR) is 100 cm³/mol. The van der Waals surface area contributed by atoms with Crippen LogP contribution in [0, 0.1) is 11.3 Å². The molecule has 2 aromatic carbocycles. The molecule has 0 aliphatic rings. The maximum absolute atomic E-state index is 9.71. The van der Waals surface area contributed by atoms with Crippen LogP contribution in [0.4, 0.5) is 0 Å². The number of aromatic nitrogens is 1. The molecule has 0 atom stereocenters. The standard InChI is InChI=1S/C22H20N2O/c1-2-3-14-25-22-20(16-23)19(17-10-6-4-7-11-17)15-21(24-22)18-12-8-5-9-13-18/h4-13,15H,2-3,14H2,1H3. The third-order valence-electron chi connectivity index (χ3n) is 3.99. The zero-order valence-corrected chi connectivity index (χ0v) is 14.3. The van der Waals surface area contributed by atoms with E-state index in [4.69, 9.17) is 4.74 Å². The van der Waals surface area contributed by atoms with Gasteiger partial charge < -0.3 is 4.74 Å². The highest BCUT2D eigenvalue weighted by Gasteiger charge is 2.16. The van der Waals surface area contributed by atoms with Crippen LogP contribution in [-0.4, -0.2) is 11.6 Å². The van der Waals surface area contributed by atoms with Crippen molar-refractivity contribution in [2.45, 2.75) is 19.8 Å². The number of ether oxygens (including phenoxy) is 1. The normalized spacial score (nSPS) is 10.2. The van der Waals surface area contributed by atoms with Crippen molar-refractivity contribution in [1.29, 1.82) is 5.26 Å². The van der Waals surface area contributed by atoms with Crippen LogP contribution in [0.1, 0.15) is 25.3 Å². The Morgan fingerprint density at radius 1 is 0.960 bits per heavy atom. The third kappa shape index (κ3) is 3.87. The van der Waals surface area contributed by atoms with Gasteiger partial charge in [-0.15, -0.1) is 0 Å². The monoisotopic (exact) mass is 328 g/mol. The van der Waals surface area contributed by atoms with E-state index >= 15 is 0 Å². The van der Waals surface area contributed by atoms with Crippen molar-refractivity contribution in [2.24, 2.45) is 0 Å². The molecule has 0 unspecified atom stereocenters. The van der Waals surface area contributed by atoms with Gasteiger partial charge in [0.25, 0.3) is 0 Å². The van der Waals surface area contributed by atoms with Crippen LogP contribution in [0.2, 0.25) is 0 Å². The van der Waals surface area contributed by atoms with Gasteiger partial charge in [-0.05, 0) is 18.1 Å². The number of benzene rings is 2. The molecule has 0 amide bonds. The zero-order chi connectivity index (χ0) is 17.5. The number of nitrogens with zero attached hydrogens (tertiary/aromatic N) is 2. The lowest BCUT2D eigenvalue weighted by atomic mass is 9.99. The largest absolute Gasteiger partial charge is 0.477 e. The number of hydrogen-bond donors (Lipinski definition) is 0. The van der Waals surface area contributed by atoms with Gasteiger partial charge in [0.15, 0.2) is 0 Å². The van der Waals surface area contributed by atoms with Crippen molar-refractivity contribution < 1.29 is 4.74 Å². The average Bonchev–Trinajstić information content (AvgIpc) is 2.69. The molecular weight excluding hydrogens is 308 g/mol. The second-order valence-corrected chi connectivity index (χ2v) is 5.78. The molecule has 0 saturated heterocycles. The van der Waals surface area contributed by atoms with Crippen molar-refractivity contribution >= 4 is 0 Å². The summed E-state index contributed by atoms with van der Waals surface area (Å²) >= 11 is 0. The minimum absolute atomic E-state index is 0.413. The van der Waals surface area contributed by atoms with Crippen LogP contribution >= 0.6 is 0 Å². The van der Waals surface area contributed by atoms with Gasteiger partial charge in [-0.1, -0.05) is 74.0 Å². The lowest BCUT2D eigenvalue weighted by Gasteiger charge is -2.13. The number of rotatable bonds is 6. The quantitative estimate of drug-likeness (QED) is 0.564. The van der Waals surface area contributed by atoms with E-state index in [0.717, 1.165) is 35.2 Å². The van der Waals surface area contributed by atoms with Crippen molar-refractivity contribution in [3.05, 3.63) is 72.3 Å². The molecule has 0 aliphatic carbocycles. The minimum Gasteiger partial charge on any atom is -0.477 e. The van der Waals surface area contributed by atoms with Crippen LogP contribution in [0.5, 0.6) is 5.88 Å². The average molecular weight is 328 g/mol. The van der Waals surface area contributed by atoms with E-state index in [1.807, 2.05) is 66.7 Å². The summed E-state index contributed by atoms with van der Waals surface area (Å²) in [5.74, 6) is 0.413. The lowest BCUT2D eigenvalue weighted by molar-refractivity contribution is 0.297. The summed E-state index contributed by atoms with van der Waals surface area (Å²) < 4.78 is 5.86. The van der Waals surface area contributed by atoms with Crippen LogP contribution in [0.15, 0.2) is 66.7 Å². The summed E-state index contributed by atoms with van der Waals surface area (Å²) in [5.41, 5.74) is 4.14. The first kappa shape index (κ1) is 16.7. The highest BCUT2D eigenvalue weighted by atomic mass is 16.5. The molecule has 0 aliphatic heterocycles. The number of pyridine rings is 1. The molecule has 3 rings (SSSR count). The van der Waals surface area contributed by atoms with Gasteiger partial charge in [0.2, 0.25) is 5.88 Å². The molecule has 1 aromatic heterocycles. The van der Waals surface area contributed by atoms with E-state index in [2.05, 4.69) is 18.0 Å². The highest BCUT2D eigenvalue weighted by Crippen LogP contribution is 2.33. The van der Waals surface area contributed by atoms with Gasteiger partial charge in [-0.3, -0.25) is 0 Å². The fourth-order valence-electron chi connectivity index (χ4n) is 2.65. The minimum atomic E-state index is 0.413. The van der Waals surface area contributed by atoms with E-state index < -0.39 is 0 Å². The summed E-state index contributed by atoms with van der Waals surface area (Å²) in [6.45, 7) is 2.67. The highest BCUT2D eigenvalue weighted by molar-refractivity contribution is 5.77. The Labute approximate surface area is 148 Å². The first-order chi connectivity index (χ1) is 12.3. The second kappa shape index (κ2) is 8.12. The Kier molecular flexibility index (Phi) is 5.43. The first-order valence-electron chi connectivity index (χ1n) is 8.52. The van der Waals surface area contributed by atoms with E-state index in [0.29, 0.717) is 18.1 Å². The van der Waals surface area contributed by atoms with E-state index in [-0.39, 0.29) is 0 Å². The van der Waals surface area contributed by atoms with Gasteiger partial charge in [0, 0.05) is 11.1 Å². The van der Waals surface area contributed by atoms with E-state index in [1.165, 1.54) is 0 Å². The molecule has 3 heteroatoms. The SMILES string of the molecule is CCCCOc1nc(-c2ccccc2)cc(-c2ccccc2)c1C#N. The van der Waals surface area contributed by atoms with Crippen LogP contribution in [-0.2, 0) is 0 Å². The lowest BCUT2D eigenvalue weighted by Crippen LogP contribution is -2.03. The van der Waals surface area contributed by atoms with Crippen molar-refractivity contribution in [3.8, 4) is 34.3 Å². The van der Waals surface area contributed by atoms with Gasteiger partial charge in [0.1, 0.15) is 11.6 Å². The molecule has 1 heterocycles. The summed E-state index contributed by atoms with van der Waals surface area (Å²) in [5, 5.41) is 9.71. The Morgan fingerprint density at radius 3 is 2.20 bits per heavy atom. The molecule has 3 aromatic rings. The fraction of sp³-hybridized carbons (Fsp3) is 0.182. The maximum Gasteiger partial charge on any atom is 0.232 e. The molecule has 25 heavy (non-hydrogen) atoms. The fourth-order valence-corrected chi connectivity index (χ4v) is 2.65. The Morgan fingerprint density at radius 2 is 1.60 bits per heavy atom. The molecule has 3 nitrogen and oxygen atoms in total. The molecule has 0 bridgehead atoms. The zero-order valence-electron chi connectivity index (χ0n) is 14.3. The summed E-state index contributed by atoms with van der Waals surface area (Å²) in [7, 11) is 0. The van der Waals surface area contributed by atoms with Crippen molar-refractivity contribution in [3.63, 3.8) is 0 Å². The first-order valence-corrected chi connectivity index (χ1v) is 8.52. The van der Waals surface area contributed by atoms with E-state index in [1.54, 1.807) is 0 Å². The summed E-state index contributed by atoms with van der Waals surface area (Å²) in [6.07, 6.45) is 1.97. The molecular formula is C22H20N2O. The van der Waals surface area contributed by atoms with Gasteiger partial charge in [0.05, 0.1) is 12.3 Å². The van der Waals surface area contributed by atoms with Crippen molar-refractivity contribution in [1.82, 2.24) is 4.98 Å². The Bertz CT molecular complexity index is 868. The van der Waals surface area contributed by atoms with Crippen LogP contribution < -0.4 is 4.74 Å². The third-order valence-corrected chi connectivity index (χ3v) is 3.99. The van der Waals surface area contributed by atoms with Gasteiger partial charge in [-0.25, -0.2) is 4.98 Å². The second-order valence-electron chi connectivity index (χ2n) is 5.78.